The Labute approximate surface area is 363 Å². The molecule has 2 heterocycles. The molecule has 1 aliphatic heterocycles. The predicted molar refractivity (Wildman–Crippen MR) is 238 cm³/mol. The van der Waals surface area contributed by atoms with Crippen LogP contribution in [0.25, 0.3) is 33.2 Å². The molecule has 4 aromatic rings. The van der Waals surface area contributed by atoms with Crippen molar-refractivity contribution in [3.8, 4) is 22.4 Å². The topological polar surface area (TPSA) is 50.2 Å². The number of hydrogen-bond donors (Lipinski definition) is 1. The molecule has 1 aromatic heterocycles. The van der Waals surface area contributed by atoms with E-state index in [0.717, 1.165) is 53.5 Å². The minimum absolute atomic E-state index is 0. The second kappa shape index (κ2) is 19.3. The van der Waals surface area contributed by atoms with Crippen LogP contribution in [0.2, 0.25) is 9.50 Å². The maximum Gasteiger partial charge on any atom is 0 e. The molecule has 0 bridgehead atoms. The van der Waals surface area contributed by atoms with Crippen LogP contribution in [-0.2, 0) is 36.7 Å². The van der Waals surface area contributed by atoms with Crippen LogP contribution in [0.5, 0.6) is 0 Å². The van der Waals surface area contributed by atoms with Crippen molar-refractivity contribution in [1.29, 1.82) is 0 Å². The van der Waals surface area contributed by atoms with Crippen molar-refractivity contribution < 1.29 is 43.2 Å². The summed E-state index contributed by atoms with van der Waals surface area (Å²) < 4.78 is 45.5. The van der Waals surface area contributed by atoms with E-state index in [0.29, 0.717) is 9.50 Å². The van der Waals surface area contributed by atoms with Crippen molar-refractivity contribution in [1.82, 2.24) is 4.98 Å². The smallest absolute Gasteiger partial charge is 0 e. The number of fused-ring (bicyclic) bond motifs is 4. The zero-order valence-corrected chi connectivity index (χ0v) is 41.9. The molecule has 1 aliphatic rings. The zero-order valence-electron chi connectivity index (χ0n) is 37.4. The number of aliphatic hydroxyl groups excluding tert-OH is 1. The second-order valence-corrected chi connectivity index (χ2v) is 29.1. The number of hydrogen-bond acceptors (Lipinski definition) is 3. The van der Waals surface area contributed by atoms with Gasteiger partial charge in [-0.15, -0.1) is 0 Å². The van der Waals surface area contributed by atoms with Crippen LogP contribution in [0.3, 0.4) is 0 Å². The Kier molecular flexibility index (Phi) is 16.5. The van der Waals surface area contributed by atoms with Crippen LogP contribution in [0.4, 0.5) is 13.2 Å². The molecule has 5 rings (SSSR count). The molecule has 8 heteroatoms. The third kappa shape index (κ3) is 9.57. The van der Waals surface area contributed by atoms with E-state index in [1.807, 2.05) is 40.0 Å². The largest absolute Gasteiger partial charge is 0 e. The van der Waals surface area contributed by atoms with Gasteiger partial charge in [-0.2, -0.15) is 0 Å². The summed E-state index contributed by atoms with van der Waals surface area (Å²) in [5.41, 5.74) is 5.65. The summed E-state index contributed by atoms with van der Waals surface area (Å²) in [5.74, 6) is 0.547. The Bertz CT molecular complexity index is 2080. The molecule has 0 aliphatic carbocycles. The van der Waals surface area contributed by atoms with Gasteiger partial charge < -0.3 is 5.11 Å². The Morgan fingerprint density at radius 2 is 1.38 bits per heavy atom. The number of benzene rings is 3. The van der Waals surface area contributed by atoms with Gasteiger partial charge in [-0.3, -0.25) is 4.79 Å². The molecule has 58 heavy (non-hydrogen) atoms. The van der Waals surface area contributed by atoms with Gasteiger partial charge in [0.1, 0.15) is 0 Å². The van der Waals surface area contributed by atoms with E-state index in [9.17, 15) is 23.1 Å². The fraction of sp³-hybridized carbons (Fsp3) is 0.520. The van der Waals surface area contributed by atoms with E-state index in [4.69, 9.17) is 4.98 Å². The first kappa shape index (κ1) is 49.6. The maximum absolute atomic E-state index is 14.0. The number of nitrogens with zero attached hydrogens (tertiary/aromatic N) is 1. The van der Waals surface area contributed by atoms with Crippen molar-refractivity contribution in [3.05, 3.63) is 89.3 Å². The quantitative estimate of drug-likeness (QED) is 0.0666. The molecule has 0 atom stereocenters. The molecule has 0 saturated heterocycles. The fourth-order valence-electron chi connectivity index (χ4n) is 9.29. The number of halogens is 3. The molecular formula is C50H67F3GeIrNO2-. The van der Waals surface area contributed by atoms with Crippen LogP contribution in [-0.4, -0.2) is 35.3 Å². The molecule has 0 spiro atoms. The van der Waals surface area contributed by atoms with E-state index in [1.165, 1.54) is 50.8 Å². The number of rotatable bonds is 12. The van der Waals surface area contributed by atoms with E-state index in [1.54, 1.807) is 0 Å². The number of aliphatic hydroxyl groups is 1. The molecule has 0 amide bonds. The van der Waals surface area contributed by atoms with Gasteiger partial charge in [-0.05, 0) is 25.7 Å². The second-order valence-electron chi connectivity index (χ2n) is 18.5. The molecule has 0 saturated carbocycles. The summed E-state index contributed by atoms with van der Waals surface area (Å²) in [6.45, 7) is 28.8. The Morgan fingerprint density at radius 1 is 0.828 bits per heavy atom. The Balaban J connectivity index is 0.000000480. The van der Waals surface area contributed by atoms with E-state index >= 15 is 0 Å². The third-order valence-corrected chi connectivity index (χ3v) is 26.3. The van der Waals surface area contributed by atoms with Crippen LogP contribution in [0.1, 0.15) is 132 Å². The molecule has 3 aromatic carbocycles. The van der Waals surface area contributed by atoms with Gasteiger partial charge in [0.15, 0.2) is 5.78 Å². The number of allylic oxidation sites excluding steroid dienone is 2. The first-order valence-electron chi connectivity index (χ1n) is 21.1. The first-order chi connectivity index (χ1) is 26.5. The average Bonchev–Trinajstić information content (AvgIpc) is 3.45. The van der Waals surface area contributed by atoms with Gasteiger partial charge in [-0.25, -0.2) is 0 Å². The SMILES string of the molecule is CCC(CC)C(=O)/C=C(\O)C(CC)CC.Cc1c(CC(C)(C)C(F)(F)F)ccc2[c]1[Ge]([CH](C)C)([CH](C)C)[c]1c-2ccnc1-c1[c-]c2ccccc2c(C(C)(C)C)c1.[Ir]. The van der Waals surface area contributed by atoms with Crippen molar-refractivity contribution in [2.75, 3.05) is 0 Å². The summed E-state index contributed by atoms with van der Waals surface area (Å²) in [7, 11) is 0. The molecule has 3 nitrogen and oxygen atoms in total. The number of aromatic nitrogens is 1. The number of alkyl halides is 3. The van der Waals surface area contributed by atoms with Gasteiger partial charge in [-0.1, -0.05) is 27.7 Å². The molecular weight excluding hydrogens is 968 g/mol. The molecule has 1 radical (unpaired) electrons. The maximum atomic E-state index is 14.0. The van der Waals surface area contributed by atoms with Crippen molar-refractivity contribution in [3.63, 3.8) is 0 Å². The summed E-state index contributed by atoms with van der Waals surface area (Å²) in [4.78, 5) is 16.8. The minimum atomic E-state index is -4.27. The monoisotopic (exact) mass is 1040 g/mol. The number of pyridine rings is 1. The minimum Gasteiger partial charge on any atom is 0 e. The molecule has 1 N–H and O–H groups in total. The van der Waals surface area contributed by atoms with Crippen LogP contribution < -0.4 is 8.79 Å². The first-order valence-corrected chi connectivity index (χ1v) is 25.6. The summed E-state index contributed by atoms with van der Waals surface area (Å²) >= 11 is -3.29. The standard InChI is InChI=1S/C37H43F3GeN.C13H24O2.Ir/c1-22(2)41(23(3)4)32-24(5)26(21-36(9,10)37(38,39)40)15-16-29(32)30-17-18-42-34(33(30)41)27-19-25-13-11-12-14-28(25)31(20-27)35(6,7)8;1-5-10(6-2)12(14)9-13(15)11(7-3)8-4;/h11-18,20,22-23H,21H2,1-10H3;9-11,14H,5-8H2,1-4H3;/q-1;;/b;12-9-;. The molecule has 0 fully saturated rings. The Hall–Kier alpha value is -2.74. The summed E-state index contributed by atoms with van der Waals surface area (Å²) in [6.07, 6.45) is 2.51. The van der Waals surface area contributed by atoms with Gasteiger partial charge in [0.2, 0.25) is 0 Å². The fourth-order valence-corrected chi connectivity index (χ4v) is 23.1. The van der Waals surface area contributed by atoms with Crippen molar-refractivity contribution in [2.45, 2.75) is 150 Å². The molecule has 319 valence electrons. The van der Waals surface area contributed by atoms with E-state index in [2.05, 4.69) is 104 Å². The van der Waals surface area contributed by atoms with Crippen molar-refractivity contribution in [2.24, 2.45) is 17.3 Å². The average molecular weight is 1040 g/mol. The van der Waals surface area contributed by atoms with Gasteiger partial charge in [0, 0.05) is 38.0 Å². The van der Waals surface area contributed by atoms with Crippen LogP contribution in [0, 0.1) is 30.2 Å². The number of carbonyl (C=O) groups excluding carboxylic acids is 1. The Morgan fingerprint density at radius 3 is 1.90 bits per heavy atom. The summed E-state index contributed by atoms with van der Waals surface area (Å²) in [6, 6.07) is 20.7. The van der Waals surface area contributed by atoms with Crippen molar-refractivity contribution >= 4 is 38.6 Å². The molecule has 0 unspecified atom stereocenters. The number of ketones is 1. The van der Waals surface area contributed by atoms with E-state index < -0.39 is 24.9 Å². The normalized spacial score (nSPS) is 14.1. The van der Waals surface area contributed by atoms with Gasteiger partial charge >= 0.3 is 253 Å². The zero-order chi connectivity index (χ0) is 42.8. The van der Waals surface area contributed by atoms with Gasteiger partial charge in [0.05, 0.1) is 5.76 Å². The van der Waals surface area contributed by atoms with Crippen LogP contribution in [0.15, 0.2) is 66.6 Å². The van der Waals surface area contributed by atoms with E-state index in [-0.39, 0.29) is 55.3 Å². The number of carbonyl (C=O) groups is 1. The predicted octanol–water partition coefficient (Wildman–Crippen LogP) is 13.7. The summed E-state index contributed by atoms with van der Waals surface area (Å²) in [5, 5.41) is 12.0. The van der Waals surface area contributed by atoms with Crippen LogP contribution >= 0.6 is 0 Å². The van der Waals surface area contributed by atoms with Gasteiger partial charge in [0.25, 0.3) is 0 Å². The third-order valence-electron chi connectivity index (χ3n) is 12.8.